The normalized spacial score (nSPS) is 12.2. The summed E-state index contributed by atoms with van der Waals surface area (Å²) in [7, 11) is -5.37. The summed E-state index contributed by atoms with van der Waals surface area (Å²) >= 11 is 0. The minimum atomic E-state index is -5.37. The van der Waals surface area contributed by atoms with Crippen molar-refractivity contribution in [3.63, 3.8) is 0 Å². The number of ether oxygens (including phenoxy) is 1. The molecule has 0 aromatic rings. The van der Waals surface area contributed by atoms with Gasteiger partial charge in [0, 0.05) is 0 Å². The van der Waals surface area contributed by atoms with Crippen LogP contribution >= 0.6 is 0 Å². The summed E-state index contributed by atoms with van der Waals surface area (Å²) in [5.74, 6) is 1.51. The number of alkyl halides is 2. The van der Waals surface area contributed by atoms with E-state index in [1.54, 1.807) is 0 Å². The van der Waals surface area contributed by atoms with Gasteiger partial charge in [0.2, 0.25) is 0 Å². The lowest BCUT2D eigenvalue weighted by Gasteiger charge is -2.14. The molecule has 17 heavy (non-hydrogen) atoms. The van der Waals surface area contributed by atoms with E-state index in [0.29, 0.717) is 0 Å². The van der Waals surface area contributed by atoms with Crippen molar-refractivity contribution in [3.8, 4) is 0 Å². The molecular formula is C6H9F2NO7S. The molecule has 0 aromatic heterocycles. The fourth-order valence-electron chi connectivity index (χ4n) is 0.588. The number of halogens is 2. The molecule has 0 rings (SSSR count). The quantitative estimate of drug-likeness (QED) is 0.456. The molecule has 0 radical (unpaired) electrons. The number of esters is 1. The van der Waals surface area contributed by atoms with Crippen LogP contribution in [0, 0.1) is 0 Å². The van der Waals surface area contributed by atoms with Gasteiger partial charge in [-0.05, 0) is 0 Å². The van der Waals surface area contributed by atoms with E-state index in [1.807, 2.05) is 0 Å². The number of carboxylic acids is 1. The maximum absolute atomic E-state index is 12.8. The first-order chi connectivity index (χ1) is 7.62. The van der Waals surface area contributed by atoms with Gasteiger partial charge in [-0.2, -0.15) is 27.4 Å². The summed E-state index contributed by atoms with van der Waals surface area (Å²) in [6, 6.07) is 0. The van der Waals surface area contributed by atoms with Crippen molar-refractivity contribution in [3.05, 3.63) is 0 Å². The molecule has 0 fully saturated rings. The zero-order valence-corrected chi connectivity index (χ0v) is 9.08. The van der Waals surface area contributed by atoms with Gasteiger partial charge in [0.05, 0.1) is 12.8 Å². The fourth-order valence-corrected chi connectivity index (χ4v) is 0.932. The molecule has 0 saturated heterocycles. The molecule has 0 aliphatic heterocycles. The predicted molar refractivity (Wildman–Crippen MR) is 47.0 cm³/mol. The van der Waals surface area contributed by atoms with E-state index in [1.165, 1.54) is 0 Å². The fraction of sp³-hybridized carbons (Fsp3) is 0.667. The van der Waals surface area contributed by atoms with Crippen LogP contribution in [-0.4, -0.2) is 37.3 Å². The number of rotatable bonds is 7. The molecule has 0 aromatic carbocycles. The van der Waals surface area contributed by atoms with Gasteiger partial charge in [-0.15, -0.1) is 0 Å². The molecule has 0 spiro atoms. The standard InChI is InChI=1S/C6H9F2NO7S/c7-6(8,17(13,14)16-9)3-15-5(12)2-1-4(10)11/h1-3,9H2,(H,10,11). The molecule has 0 amide bonds. The Labute approximate surface area is 94.4 Å². The third-order valence-electron chi connectivity index (χ3n) is 1.44. The van der Waals surface area contributed by atoms with Gasteiger partial charge in [-0.1, -0.05) is 0 Å². The molecule has 8 nitrogen and oxygen atoms in total. The topological polar surface area (TPSA) is 133 Å². The molecule has 3 N–H and O–H groups in total. The average molecular weight is 277 g/mol. The lowest BCUT2D eigenvalue weighted by molar-refractivity contribution is -0.152. The minimum Gasteiger partial charge on any atom is -0.481 e. The van der Waals surface area contributed by atoms with Crippen molar-refractivity contribution < 1.29 is 40.9 Å². The lowest BCUT2D eigenvalue weighted by atomic mass is 10.3. The predicted octanol–water partition coefficient (Wildman–Crippen LogP) is -0.793. The van der Waals surface area contributed by atoms with E-state index < -0.39 is 46.8 Å². The maximum Gasteiger partial charge on any atom is 0.404 e. The van der Waals surface area contributed by atoms with E-state index in [0.717, 1.165) is 0 Å². The highest BCUT2D eigenvalue weighted by Gasteiger charge is 2.47. The van der Waals surface area contributed by atoms with Crippen molar-refractivity contribution >= 4 is 22.1 Å². The number of carbonyl (C=O) groups excluding carboxylic acids is 1. The van der Waals surface area contributed by atoms with Crippen LogP contribution in [0.2, 0.25) is 0 Å². The highest BCUT2D eigenvalue weighted by molar-refractivity contribution is 7.87. The Bertz CT molecular complexity index is 393. The smallest absolute Gasteiger partial charge is 0.404 e. The van der Waals surface area contributed by atoms with E-state index in [-0.39, 0.29) is 0 Å². The Morgan fingerprint density at radius 2 is 1.82 bits per heavy atom. The number of aliphatic carboxylic acids is 1. The number of hydrogen-bond donors (Lipinski definition) is 2. The Kier molecular flexibility index (Phi) is 5.38. The molecule has 0 atom stereocenters. The molecule has 11 heteroatoms. The van der Waals surface area contributed by atoms with E-state index in [2.05, 4.69) is 14.9 Å². The van der Waals surface area contributed by atoms with E-state index in [9.17, 15) is 26.8 Å². The molecule has 0 aliphatic rings. The summed E-state index contributed by atoms with van der Waals surface area (Å²) in [5.41, 5.74) is 0. The number of hydrogen-bond acceptors (Lipinski definition) is 7. The highest BCUT2D eigenvalue weighted by atomic mass is 32.2. The maximum atomic E-state index is 12.8. The number of carbonyl (C=O) groups is 2. The second kappa shape index (κ2) is 5.84. The minimum absolute atomic E-state index is 0.620. The summed E-state index contributed by atoms with van der Waals surface area (Å²) in [5, 5.41) is 3.67. The van der Waals surface area contributed by atoms with Crippen LogP contribution in [0.15, 0.2) is 0 Å². The Balaban J connectivity index is 4.28. The van der Waals surface area contributed by atoms with Gasteiger partial charge in [0.1, 0.15) is 0 Å². The Morgan fingerprint density at radius 1 is 1.29 bits per heavy atom. The summed E-state index contributed by atoms with van der Waals surface area (Å²) in [6.07, 6.45) is -1.28. The van der Waals surface area contributed by atoms with Crippen LogP contribution in [0.1, 0.15) is 12.8 Å². The number of carboxylic acid groups (broad SMARTS) is 1. The first-order valence-electron chi connectivity index (χ1n) is 4.00. The van der Waals surface area contributed by atoms with Gasteiger partial charge < -0.3 is 9.84 Å². The Morgan fingerprint density at radius 3 is 2.24 bits per heavy atom. The van der Waals surface area contributed by atoms with Crippen molar-refractivity contribution in [1.29, 1.82) is 0 Å². The molecule has 0 aliphatic carbocycles. The van der Waals surface area contributed by atoms with Gasteiger partial charge in [0.25, 0.3) is 0 Å². The van der Waals surface area contributed by atoms with E-state index in [4.69, 9.17) is 5.11 Å². The third-order valence-corrected chi connectivity index (χ3v) is 2.54. The average Bonchev–Trinajstić information content (AvgIpc) is 2.23. The molecular weight excluding hydrogens is 268 g/mol. The van der Waals surface area contributed by atoms with Crippen LogP contribution in [0.5, 0.6) is 0 Å². The van der Waals surface area contributed by atoms with Gasteiger partial charge in [0.15, 0.2) is 6.61 Å². The van der Waals surface area contributed by atoms with Crippen LogP contribution in [0.25, 0.3) is 0 Å². The summed E-state index contributed by atoms with van der Waals surface area (Å²) < 4.78 is 53.5. The van der Waals surface area contributed by atoms with Crippen molar-refractivity contribution in [1.82, 2.24) is 0 Å². The Hall–Kier alpha value is -1.33. The van der Waals surface area contributed by atoms with Gasteiger partial charge in [-0.25, -0.2) is 0 Å². The second-order valence-corrected chi connectivity index (χ2v) is 4.44. The number of nitrogens with two attached hydrogens (primary N) is 1. The van der Waals surface area contributed by atoms with Crippen LogP contribution in [0.4, 0.5) is 8.78 Å². The summed E-state index contributed by atoms with van der Waals surface area (Å²) in [6.45, 7) is -1.80. The monoisotopic (exact) mass is 277 g/mol. The molecule has 100 valence electrons. The van der Waals surface area contributed by atoms with Gasteiger partial charge >= 0.3 is 27.3 Å². The lowest BCUT2D eigenvalue weighted by Crippen LogP contribution is -2.37. The molecule has 0 heterocycles. The third kappa shape index (κ3) is 5.01. The highest BCUT2D eigenvalue weighted by Crippen LogP contribution is 2.22. The van der Waals surface area contributed by atoms with Crippen molar-refractivity contribution in [2.45, 2.75) is 18.1 Å². The van der Waals surface area contributed by atoms with E-state index >= 15 is 0 Å². The SMILES string of the molecule is NOS(=O)(=O)C(F)(F)COC(=O)CCC(=O)O. The second-order valence-electron chi connectivity index (χ2n) is 2.74. The van der Waals surface area contributed by atoms with Crippen molar-refractivity contribution in [2.24, 2.45) is 5.90 Å². The van der Waals surface area contributed by atoms with Crippen LogP contribution < -0.4 is 5.90 Å². The molecule has 0 bridgehead atoms. The molecule has 0 unspecified atom stereocenters. The molecule has 0 saturated carbocycles. The zero-order valence-electron chi connectivity index (χ0n) is 8.26. The van der Waals surface area contributed by atoms with Gasteiger partial charge in [-0.3, -0.25) is 9.59 Å². The van der Waals surface area contributed by atoms with Crippen molar-refractivity contribution in [2.75, 3.05) is 6.61 Å². The zero-order chi connectivity index (χ0) is 13.7. The van der Waals surface area contributed by atoms with Crippen LogP contribution in [0.3, 0.4) is 0 Å². The first kappa shape index (κ1) is 15.7. The first-order valence-corrected chi connectivity index (χ1v) is 5.41. The largest absolute Gasteiger partial charge is 0.481 e. The van der Waals surface area contributed by atoms with Crippen LogP contribution in [-0.2, 0) is 28.7 Å². The summed E-state index contributed by atoms with van der Waals surface area (Å²) in [4.78, 5) is 20.7.